The van der Waals surface area contributed by atoms with Crippen LogP contribution in [0, 0.1) is 5.92 Å². The highest BCUT2D eigenvalue weighted by Gasteiger charge is 2.39. The smallest absolute Gasteiger partial charge is 0.161 e. The average molecular weight is 414 g/mol. The molecule has 0 fully saturated rings. The van der Waals surface area contributed by atoms with Gasteiger partial charge in [0, 0.05) is 18.2 Å². The van der Waals surface area contributed by atoms with Crippen LogP contribution in [0.15, 0.2) is 65.7 Å². The molecule has 0 saturated carbocycles. The minimum absolute atomic E-state index is 0.166. The molecule has 0 aliphatic carbocycles. The van der Waals surface area contributed by atoms with Gasteiger partial charge in [-0.3, -0.25) is 0 Å². The van der Waals surface area contributed by atoms with E-state index in [0.29, 0.717) is 5.17 Å². The molecule has 2 aromatic rings. The summed E-state index contributed by atoms with van der Waals surface area (Å²) < 4.78 is 0. The Hall–Kier alpha value is -1.86. The highest BCUT2D eigenvalue weighted by atomic mass is 32.2. The second-order valence-electron chi connectivity index (χ2n) is 7.19. The van der Waals surface area contributed by atoms with Crippen LogP contribution in [0.2, 0.25) is 0 Å². The highest BCUT2D eigenvalue weighted by molar-refractivity contribution is 8.13. The summed E-state index contributed by atoms with van der Waals surface area (Å²) in [5, 5.41) is 25.5. The van der Waals surface area contributed by atoms with Crippen molar-refractivity contribution >= 4 is 16.9 Å². The van der Waals surface area contributed by atoms with Gasteiger partial charge in [-0.25, -0.2) is 4.99 Å². The molecular formula is C23H31N3O2S. The number of aliphatic hydroxyl groups excluding tert-OH is 2. The van der Waals surface area contributed by atoms with Crippen LogP contribution in [0.4, 0.5) is 0 Å². The zero-order valence-electron chi connectivity index (χ0n) is 17.1. The topological polar surface area (TPSA) is 68.1 Å². The SMILES string of the molecule is CCN(CC)CCSC1=NC(O)C(C(c2ccccc2)c2ccccc2)C(O)N1. The predicted octanol–water partition coefficient (Wildman–Crippen LogP) is 3.11. The molecule has 3 atom stereocenters. The Kier molecular flexibility index (Phi) is 8.12. The van der Waals surface area contributed by atoms with Crippen molar-refractivity contribution < 1.29 is 10.2 Å². The van der Waals surface area contributed by atoms with Crippen molar-refractivity contribution in [3.8, 4) is 0 Å². The summed E-state index contributed by atoms with van der Waals surface area (Å²) in [7, 11) is 0. The Labute approximate surface area is 177 Å². The van der Waals surface area contributed by atoms with E-state index >= 15 is 0 Å². The first-order chi connectivity index (χ1) is 14.1. The number of nitrogens with one attached hydrogen (secondary N) is 1. The highest BCUT2D eigenvalue weighted by Crippen LogP contribution is 2.37. The molecular weight excluding hydrogens is 382 g/mol. The first-order valence-corrected chi connectivity index (χ1v) is 11.3. The second-order valence-corrected chi connectivity index (χ2v) is 8.27. The average Bonchev–Trinajstić information content (AvgIpc) is 2.75. The second kappa shape index (κ2) is 10.8. The van der Waals surface area contributed by atoms with Crippen molar-refractivity contribution in [2.75, 3.05) is 25.4 Å². The maximum atomic E-state index is 10.9. The van der Waals surface area contributed by atoms with Gasteiger partial charge in [-0.2, -0.15) is 0 Å². The molecule has 29 heavy (non-hydrogen) atoms. The number of hydrogen-bond acceptors (Lipinski definition) is 6. The number of thioether (sulfide) groups is 1. The van der Waals surface area contributed by atoms with Crippen LogP contribution >= 0.6 is 11.8 Å². The fraction of sp³-hybridized carbons (Fsp3) is 0.435. The van der Waals surface area contributed by atoms with E-state index < -0.39 is 18.4 Å². The lowest BCUT2D eigenvalue weighted by molar-refractivity contribution is -0.00771. The van der Waals surface area contributed by atoms with Gasteiger partial charge in [0.05, 0.1) is 5.92 Å². The standard InChI is InChI=1S/C23H31N3O2S/c1-3-26(4-2)15-16-29-23-24-21(27)20(22(28)25-23)19(17-11-7-5-8-12-17)18-13-9-6-10-14-18/h5-14,19-22,27-28H,3-4,15-16H2,1-2H3,(H,24,25). The van der Waals surface area contributed by atoms with Crippen LogP contribution in [0.3, 0.4) is 0 Å². The van der Waals surface area contributed by atoms with E-state index in [2.05, 4.69) is 29.1 Å². The summed E-state index contributed by atoms with van der Waals surface area (Å²) in [5.41, 5.74) is 2.10. The van der Waals surface area contributed by atoms with E-state index in [4.69, 9.17) is 0 Å². The fourth-order valence-corrected chi connectivity index (χ4v) is 4.76. The van der Waals surface area contributed by atoms with Crippen molar-refractivity contribution in [1.82, 2.24) is 10.2 Å². The zero-order chi connectivity index (χ0) is 20.6. The molecule has 0 amide bonds. The molecule has 1 heterocycles. The number of hydrogen-bond donors (Lipinski definition) is 3. The number of aliphatic hydroxyl groups is 2. The van der Waals surface area contributed by atoms with Gasteiger partial charge < -0.3 is 20.4 Å². The van der Waals surface area contributed by atoms with Gasteiger partial charge in [0.1, 0.15) is 6.23 Å². The minimum atomic E-state index is -0.979. The fourth-order valence-electron chi connectivity index (χ4n) is 3.83. The molecule has 0 bridgehead atoms. The largest absolute Gasteiger partial charge is 0.373 e. The van der Waals surface area contributed by atoms with Gasteiger partial charge in [0.15, 0.2) is 11.4 Å². The first-order valence-electron chi connectivity index (χ1n) is 10.3. The maximum absolute atomic E-state index is 10.9. The number of nitrogens with zero attached hydrogens (tertiary/aromatic N) is 2. The number of rotatable bonds is 8. The van der Waals surface area contributed by atoms with Crippen LogP contribution in [0.5, 0.6) is 0 Å². The molecule has 5 nitrogen and oxygen atoms in total. The van der Waals surface area contributed by atoms with Crippen molar-refractivity contribution in [3.63, 3.8) is 0 Å². The van der Waals surface area contributed by atoms with E-state index in [9.17, 15) is 10.2 Å². The molecule has 0 saturated heterocycles. The van der Waals surface area contributed by atoms with Crippen molar-refractivity contribution in [2.45, 2.75) is 32.2 Å². The minimum Gasteiger partial charge on any atom is -0.373 e. The molecule has 3 rings (SSSR count). The molecule has 0 aromatic heterocycles. The van der Waals surface area contributed by atoms with Crippen molar-refractivity contribution in [2.24, 2.45) is 10.9 Å². The monoisotopic (exact) mass is 413 g/mol. The molecule has 0 radical (unpaired) electrons. The van der Waals surface area contributed by atoms with Crippen LogP contribution < -0.4 is 5.32 Å². The van der Waals surface area contributed by atoms with E-state index in [-0.39, 0.29) is 5.92 Å². The molecule has 3 N–H and O–H groups in total. The third kappa shape index (κ3) is 5.60. The lowest BCUT2D eigenvalue weighted by Crippen LogP contribution is -2.51. The lowest BCUT2D eigenvalue weighted by atomic mass is 9.78. The Bertz CT molecular complexity index is 729. The maximum Gasteiger partial charge on any atom is 0.161 e. The third-order valence-corrected chi connectivity index (χ3v) is 6.36. The van der Waals surface area contributed by atoms with Gasteiger partial charge in [-0.05, 0) is 24.2 Å². The summed E-state index contributed by atoms with van der Waals surface area (Å²) in [6.07, 6.45) is -1.86. The Morgan fingerprint density at radius 3 is 2.00 bits per heavy atom. The molecule has 2 aromatic carbocycles. The number of benzene rings is 2. The van der Waals surface area contributed by atoms with Crippen molar-refractivity contribution in [1.29, 1.82) is 0 Å². The molecule has 1 aliphatic rings. The zero-order valence-corrected chi connectivity index (χ0v) is 17.9. The summed E-state index contributed by atoms with van der Waals surface area (Å²) in [6, 6.07) is 20.0. The van der Waals surface area contributed by atoms with E-state index in [1.807, 2.05) is 60.7 Å². The van der Waals surface area contributed by atoms with Gasteiger partial charge >= 0.3 is 0 Å². The normalized spacial score (nSPS) is 21.9. The Balaban J connectivity index is 1.79. The van der Waals surface area contributed by atoms with Crippen molar-refractivity contribution in [3.05, 3.63) is 71.8 Å². The van der Waals surface area contributed by atoms with Gasteiger partial charge in [-0.15, -0.1) is 0 Å². The van der Waals surface area contributed by atoms with Crippen LogP contribution in [0.25, 0.3) is 0 Å². The summed E-state index contributed by atoms with van der Waals surface area (Å²) in [6.45, 7) is 7.27. The van der Waals surface area contributed by atoms with Crippen LogP contribution in [0.1, 0.15) is 30.9 Å². The summed E-state index contributed by atoms with van der Waals surface area (Å²) in [5.74, 6) is 0.214. The van der Waals surface area contributed by atoms with Gasteiger partial charge in [-0.1, -0.05) is 86.3 Å². The Morgan fingerprint density at radius 2 is 1.52 bits per heavy atom. The van der Waals surface area contributed by atoms with E-state index in [1.54, 1.807) is 11.8 Å². The molecule has 3 unspecified atom stereocenters. The molecule has 0 spiro atoms. The third-order valence-electron chi connectivity index (χ3n) is 5.47. The summed E-state index contributed by atoms with van der Waals surface area (Å²) >= 11 is 1.55. The molecule has 6 heteroatoms. The number of amidine groups is 1. The molecule has 156 valence electrons. The molecule has 1 aliphatic heterocycles. The van der Waals surface area contributed by atoms with Crippen LogP contribution in [-0.2, 0) is 0 Å². The van der Waals surface area contributed by atoms with E-state index in [0.717, 1.165) is 36.5 Å². The Morgan fingerprint density at radius 1 is 0.966 bits per heavy atom. The first kappa shape index (κ1) is 21.8. The van der Waals surface area contributed by atoms with E-state index in [1.165, 1.54) is 0 Å². The lowest BCUT2D eigenvalue weighted by Gasteiger charge is -2.37. The van der Waals surface area contributed by atoms with Gasteiger partial charge in [0.2, 0.25) is 0 Å². The quantitative estimate of drug-likeness (QED) is 0.621. The van der Waals surface area contributed by atoms with Gasteiger partial charge in [0.25, 0.3) is 0 Å². The number of aliphatic imine (C=N–C) groups is 1. The predicted molar refractivity (Wildman–Crippen MR) is 121 cm³/mol. The summed E-state index contributed by atoms with van der Waals surface area (Å²) in [4.78, 5) is 6.82. The van der Waals surface area contributed by atoms with Crippen LogP contribution in [-0.4, -0.2) is 58.1 Å².